The molecule has 0 aliphatic heterocycles. The molecule has 0 aromatic carbocycles. The highest BCUT2D eigenvalue weighted by Gasteiger charge is 2.20. The Balaban J connectivity index is -0.000000757. The summed E-state index contributed by atoms with van der Waals surface area (Å²) in [6.07, 6.45) is 24.7. The Bertz CT molecular complexity index is 891. The Morgan fingerprint density at radius 1 is 0.449 bits per heavy atom. The van der Waals surface area contributed by atoms with Gasteiger partial charge in [-0.25, -0.2) is 9.59 Å². The van der Waals surface area contributed by atoms with Gasteiger partial charge in [0.25, 0.3) is 0 Å². The van der Waals surface area contributed by atoms with Crippen LogP contribution >= 0.6 is 0 Å². The van der Waals surface area contributed by atoms with Crippen LogP contribution in [-0.2, 0) is 29.6 Å². The van der Waals surface area contributed by atoms with Crippen LogP contribution in [0.5, 0.6) is 0 Å². The van der Waals surface area contributed by atoms with E-state index in [9.17, 15) is 19.2 Å². The van der Waals surface area contributed by atoms with E-state index in [2.05, 4.69) is 24.5 Å². The Labute approximate surface area is 300 Å². The van der Waals surface area contributed by atoms with E-state index >= 15 is 0 Å². The summed E-state index contributed by atoms with van der Waals surface area (Å²) < 4.78 is 34.7. The second-order valence-corrected chi connectivity index (χ2v) is 15.4. The molecule has 0 rings (SSSR count). The number of nitrogens with zero attached hydrogens (tertiary/aromatic N) is 2. The van der Waals surface area contributed by atoms with E-state index in [-0.39, 0.29) is 23.6 Å². The molecular weight excluding hydrogens is 648 g/mol. The molecule has 13 heteroatoms. The third-order valence-corrected chi connectivity index (χ3v) is 7.83. The quantitative estimate of drug-likeness (QED) is 0.0477. The second-order valence-electron chi connectivity index (χ2n) is 14.6. The smallest absolute Gasteiger partial charge is 0.314 e. The molecule has 0 unspecified atom stereocenters. The minimum atomic E-state index is -5.17. The number of rotatable bonds is 26. The van der Waals surface area contributed by atoms with Gasteiger partial charge in [0.05, 0.1) is 55.1 Å². The van der Waals surface area contributed by atoms with E-state index in [0.29, 0.717) is 47.7 Å². The van der Waals surface area contributed by atoms with Gasteiger partial charge in [0.1, 0.15) is 0 Å². The first-order valence-electron chi connectivity index (χ1n) is 18.6. The van der Waals surface area contributed by atoms with Crippen LogP contribution in [0.4, 0.5) is 0 Å². The molecule has 0 spiro atoms. The Kier molecular flexibility index (Phi) is 33.6. The molecule has 292 valence electrons. The van der Waals surface area contributed by atoms with Crippen molar-refractivity contribution < 1.29 is 45.7 Å². The lowest BCUT2D eigenvalue weighted by Crippen LogP contribution is -2.42. The Morgan fingerprint density at radius 2 is 0.673 bits per heavy atom. The Morgan fingerprint density at radius 3 is 0.898 bits per heavy atom. The first-order chi connectivity index (χ1) is 22.8. The highest BCUT2D eigenvalue weighted by Crippen LogP contribution is 2.11. The van der Waals surface area contributed by atoms with Gasteiger partial charge in [0.2, 0.25) is 11.8 Å². The number of nitrogens with one attached hydrogen (secondary N) is 2. The zero-order valence-electron chi connectivity index (χ0n) is 32.5. The van der Waals surface area contributed by atoms with Crippen LogP contribution in [0, 0.1) is 0 Å². The number of quaternary nitrogens is 2. The molecule has 12 nitrogen and oxygen atoms in total. The van der Waals surface area contributed by atoms with Crippen LogP contribution in [0.3, 0.4) is 0 Å². The van der Waals surface area contributed by atoms with E-state index in [4.69, 9.17) is 17.5 Å². The van der Waals surface area contributed by atoms with Gasteiger partial charge >= 0.3 is 11.8 Å². The standard InChI is InChI=1S/2C18H36N2O2.H2O4S/c2*1-5-6-7-8-9-10-11-12-13-14-17(21)19-16-15-18(22)20(2,3)4;1-5(2,3)4/h2*5-16H2,1-4H3;(H2,1,2,3,4). The molecule has 0 fully saturated rings. The third kappa shape index (κ3) is 46.1. The van der Waals surface area contributed by atoms with Gasteiger partial charge in [-0.3, -0.25) is 27.0 Å². The molecule has 0 bridgehead atoms. The summed E-state index contributed by atoms with van der Waals surface area (Å²) in [5.74, 6) is 0.445. The fourth-order valence-corrected chi connectivity index (χ4v) is 4.66. The summed E-state index contributed by atoms with van der Waals surface area (Å²) >= 11 is 0. The number of hydrogen-bond acceptors (Lipinski definition) is 8. The van der Waals surface area contributed by atoms with Gasteiger partial charge in [0.15, 0.2) is 0 Å². The van der Waals surface area contributed by atoms with Crippen molar-refractivity contribution in [3.8, 4) is 0 Å². The summed E-state index contributed by atoms with van der Waals surface area (Å²) in [6, 6.07) is 0. The van der Waals surface area contributed by atoms with Crippen LogP contribution in [0.15, 0.2) is 0 Å². The van der Waals surface area contributed by atoms with Crippen LogP contribution in [0.1, 0.15) is 155 Å². The number of carbonyl (C=O) groups excluding carboxylic acids is 4. The molecule has 2 N–H and O–H groups in total. The fraction of sp³-hybridized carbons (Fsp3) is 0.889. The third-order valence-electron chi connectivity index (χ3n) is 7.83. The van der Waals surface area contributed by atoms with Crippen molar-refractivity contribution in [3.63, 3.8) is 0 Å². The average Bonchev–Trinajstić information content (AvgIpc) is 2.98. The second kappa shape index (κ2) is 32.0. The predicted octanol–water partition coefficient (Wildman–Crippen LogP) is 5.95. The maximum atomic E-state index is 11.7. The highest BCUT2D eigenvalue weighted by atomic mass is 32.3. The number of hydrogen-bond donors (Lipinski definition) is 2. The zero-order valence-corrected chi connectivity index (χ0v) is 33.4. The molecule has 0 aromatic heterocycles. The SMILES string of the molecule is CCCCCCCCCCCC(=O)NCCC(=O)[N+](C)(C)C.CCCCCCCCCCCC(=O)NCCC(=O)[N+](C)(C)C.O=S(=O)([O-])[O-]. The van der Waals surface area contributed by atoms with E-state index in [0.717, 1.165) is 25.7 Å². The van der Waals surface area contributed by atoms with E-state index < -0.39 is 10.4 Å². The Hall–Kier alpha value is -1.93. The van der Waals surface area contributed by atoms with Crippen molar-refractivity contribution in [1.29, 1.82) is 0 Å². The molecule has 0 saturated heterocycles. The molecule has 0 aliphatic rings. The van der Waals surface area contributed by atoms with Crippen molar-refractivity contribution >= 4 is 34.0 Å². The molecule has 0 aromatic rings. The van der Waals surface area contributed by atoms with Gasteiger partial charge < -0.3 is 19.7 Å². The van der Waals surface area contributed by atoms with Gasteiger partial charge in [-0.05, 0) is 12.8 Å². The molecular formula is C36H74N4O8S. The number of carbonyl (C=O) groups is 4. The summed E-state index contributed by atoms with van der Waals surface area (Å²) in [6.45, 7) is 5.40. The maximum Gasteiger partial charge on any atom is 0.314 e. The fourth-order valence-electron chi connectivity index (χ4n) is 4.66. The van der Waals surface area contributed by atoms with Gasteiger partial charge in [-0.15, -0.1) is 0 Å². The first kappa shape index (κ1) is 51.4. The summed E-state index contributed by atoms with van der Waals surface area (Å²) in [4.78, 5) is 46.7. The van der Waals surface area contributed by atoms with Crippen molar-refractivity contribution in [2.24, 2.45) is 0 Å². The molecule has 49 heavy (non-hydrogen) atoms. The lowest BCUT2D eigenvalue weighted by molar-refractivity contribution is -0.792. The first-order valence-corrected chi connectivity index (χ1v) is 20.0. The van der Waals surface area contributed by atoms with Crippen LogP contribution in [-0.4, -0.2) is 105 Å². The molecule has 0 heterocycles. The van der Waals surface area contributed by atoms with Crippen LogP contribution in [0.2, 0.25) is 0 Å². The highest BCUT2D eigenvalue weighted by molar-refractivity contribution is 7.79. The van der Waals surface area contributed by atoms with Gasteiger partial charge in [0, 0.05) is 36.3 Å². The van der Waals surface area contributed by atoms with Crippen molar-refractivity contribution in [1.82, 2.24) is 10.6 Å². The normalized spacial score (nSPS) is 11.5. The van der Waals surface area contributed by atoms with Crippen molar-refractivity contribution in [3.05, 3.63) is 0 Å². The minimum Gasteiger partial charge on any atom is -0.759 e. The van der Waals surface area contributed by atoms with Gasteiger partial charge in [-0.2, -0.15) is 0 Å². The average molecular weight is 723 g/mol. The lowest BCUT2D eigenvalue weighted by Gasteiger charge is -2.20. The van der Waals surface area contributed by atoms with Gasteiger partial charge in [-0.1, -0.05) is 117 Å². The van der Waals surface area contributed by atoms with E-state index in [1.165, 1.54) is 89.9 Å². The number of amides is 4. The zero-order chi connectivity index (χ0) is 38.2. The summed E-state index contributed by atoms with van der Waals surface area (Å²) in [5.41, 5.74) is 0. The predicted molar refractivity (Wildman–Crippen MR) is 195 cm³/mol. The van der Waals surface area contributed by atoms with Crippen LogP contribution in [0.25, 0.3) is 0 Å². The topological polar surface area (TPSA) is 173 Å². The largest absolute Gasteiger partial charge is 0.759 e. The minimum absolute atomic E-state index is 0.0807. The summed E-state index contributed by atoms with van der Waals surface area (Å²) in [7, 11) is 5.95. The van der Waals surface area contributed by atoms with Crippen molar-refractivity contribution in [2.45, 2.75) is 155 Å². The van der Waals surface area contributed by atoms with Crippen LogP contribution < -0.4 is 10.6 Å². The molecule has 0 atom stereocenters. The molecule has 0 radical (unpaired) electrons. The molecule has 0 saturated carbocycles. The molecule has 4 amide bonds. The van der Waals surface area contributed by atoms with E-state index in [1.807, 2.05) is 42.3 Å². The monoisotopic (exact) mass is 723 g/mol. The van der Waals surface area contributed by atoms with E-state index in [1.54, 1.807) is 0 Å². The maximum absolute atomic E-state index is 11.7. The van der Waals surface area contributed by atoms with Crippen molar-refractivity contribution in [2.75, 3.05) is 55.4 Å². The lowest BCUT2D eigenvalue weighted by atomic mass is 10.1. The summed E-state index contributed by atoms with van der Waals surface area (Å²) in [5, 5.41) is 5.68. The molecule has 0 aliphatic carbocycles. The number of unbranched alkanes of at least 4 members (excludes halogenated alkanes) is 16.